The molecule has 0 unspecified atom stereocenters. The van der Waals surface area contributed by atoms with E-state index in [1.54, 1.807) is 18.2 Å². The number of carbonyl (C=O) groups excluding carboxylic acids is 1. The molecule has 1 heterocycles. The van der Waals surface area contributed by atoms with Crippen molar-refractivity contribution >= 4 is 28.5 Å². The fraction of sp³-hybridized carbons (Fsp3) is 0.182. The highest BCUT2D eigenvalue weighted by Gasteiger charge is 2.13. The molecule has 3 nitrogen and oxygen atoms in total. The highest BCUT2D eigenvalue weighted by Crippen LogP contribution is 2.27. The summed E-state index contributed by atoms with van der Waals surface area (Å²) in [7, 11) is 0. The van der Waals surface area contributed by atoms with E-state index in [1.807, 2.05) is 6.92 Å². The summed E-state index contributed by atoms with van der Waals surface area (Å²) in [6, 6.07) is 5.11. The summed E-state index contributed by atoms with van der Waals surface area (Å²) in [6.45, 7) is 2.46. The second kappa shape index (κ2) is 3.95. The van der Waals surface area contributed by atoms with Gasteiger partial charge in [0.15, 0.2) is 0 Å². The smallest absolute Gasteiger partial charge is 0.255 e. The molecule has 4 heteroatoms. The second-order valence-electron chi connectivity index (χ2n) is 3.12. The van der Waals surface area contributed by atoms with Gasteiger partial charge in [0.25, 0.3) is 5.91 Å². The first-order chi connectivity index (χ1) is 7.24. The zero-order valence-electron chi connectivity index (χ0n) is 8.21. The fourth-order valence-electron chi connectivity index (χ4n) is 1.46. The Bertz CT molecular complexity index is 504. The van der Waals surface area contributed by atoms with E-state index in [9.17, 15) is 4.79 Å². The van der Waals surface area contributed by atoms with Crippen molar-refractivity contribution in [1.82, 2.24) is 5.32 Å². The van der Waals surface area contributed by atoms with E-state index in [-0.39, 0.29) is 5.91 Å². The molecule has 0 bridgehead atoms. The topological polar surface area (TPSA) is 42.2 Å². The molecule has 1 aromatic heterocycles. The van der Waals surface area contributed by atoms with Crippen LogP contribution < -0.4 is 5.32 Å². The first kappa shape index (κ1) is 10.1. The Labute approximate surface area is 92.0 Å². The van der Waals surface area contributed by atoms with Gasteiger partial charge in [-0.05, 0) is 25.1 Å². The van der Waals surface area contributed by atoms with Gasteiger partial charge in [-0.25, -0.2) is 0 Å². The van der Waals surface area contributed by atoms with E-state index in [4.69, 9.17) is 16.0 Å². The van der Waals surface area contributed by atoms with Crippen LogP contribution in [0.1, 0.15) is 17.3 Å². The molecular formula is C11H10ClNO2. The van der Waals surface area contributed by atoms with Gasteiger partial charge < -0.3 is 9.73 Å². The van der Waals surface area contributed by atoms with Crippen molar-refractivity contribution in [2.24, 2.45) is 0 Å². The Morgan fingerprint density at radius 2 is 2.27 bits per heavy atom. The number of benzene rings is 1. The lowest BCUT2D eigenvalue weighted by molar-refractivity contribution is 0.0956. The summed E-state index contributed by atoms with van der Waals surface area (Å²) in [6.07, 6.45) is 1.53. The summed E-state index contributed by atoms with van der Waals surface area (Å²) in [5.74, 6) is -0.144. The summed E-state index contributed by atoms with van der Waals surface area (Å²) in [4.78, 5) is 11.7. The van der Waals surface area contributed by atoms with Gasteiger partial charge in [0, 0.05) is 11.9 Å². The fourth-order valence-corrected chi connectivity index (χ4v) is 1.67. The molecule has 0 aliphatic heterocycles. The molecule has 15 heavy (non-hydrogen) atoms. The monoisotopic (exact) mass is 223 g/mol. The molecule has 1 amide bonds. The number of rotatable bonds is 2. The van der Waals surface area contributed by atoms with Gasteiger partial charge in [-0.3, -0.25) is 4.79 Å². The molecule has 0 saturated heterocycles. The highest BCUT2D eigenvalue weighted by atomic mass is 35.5. The minimum absolute atomic E-state index is 0.144. The van der Waals surface area contributed by atoms with Crippen molar-refractivity contribution in [2.75, 3.05) is 6.54 Å². The minimum Gasteiger partial charge on any atom is -0.463 e. The van der Waals surface area contributed by atoms with Crippen molar-refractivity contribution in [1.29, 1.82) is 0 Å². The molecule has 0 aliphatic carbocycles. The number of hydrogen-bond acceptors (Lipinski definition) is 2. The van der Waals surface area contributed by atoms with Crippen molar-refractivity contribution in [3.63, 3.8) is 0 Å². The first-order valence-electron chi connectivity index (χ1n) is 4.68. The van der Waals surface area contributed by atoms with Crippen LogP contribution in [0.25, 0.3) is 11.0 Å². The third kappa shape index (κ3) is 1.70. The third-order valence-electron chi connectivity index (χ3n) is 2.15. The number of furan rings is 1. The summed E-state index contributed by atoms with van der Waals surface area (Å²) in [5.41, 5.74) is 1.05. The molecule has 0 radical (unpaired) electrons. The van der Waals surface area contributed by atoms with Crippen LogP contribution in [-0.4, -0.2) is 12.5 Å². The second-order valence-corrected chi connectivity index (χ2v) is 3.53. The SMILES string of the molecule is CCNC(=O)c1ccc(Cl)c2ccoc12. The van der Waals surface area contributed by atoms with E-state index >= 15 is 0 Å². The lowest BCUT2D eigenvalue weighted by atomic mass is 10.1. The first-order valence-corrected chi connectivity index (χ1v) is 5.05. The van der Waals surface area contributed by atoms with Crippen LogP contribution in [0.3, 0.4) is 0 Å². The Balaban J connectivity index is 2.57. The molecule has 2 aromatic rings. The van der Waals surface area contributed by atoms with Crippen LogP contribution in [0.5, 0.6) is 0 Å². The maximum atomic E-state index is 11.7. The molecule has 0 spiro atoms. The minimum atomic E-state index is -0.144. The van der Waals surface area contributed by atoms with Gasteiger partial charge in [0.05, 0.1) is 16.8 Å². The van der Waals surface area contributed by atoms with Gasteiger partial charge in [-0.1, -0.05) is 11.6 Å². The van der Waals surface area contributed by atoms with E-state index < -0.39 is 0 Å². The standard InChI is InChI=1S/C11H10ClNO2/c1-2-13-11(14)8-3-4-9(12)7-5-6-15-10(7)8/h3-6H,2H2,1H3,(H,13,14). The average Bonchev–Trinajstić information content (AvgIpc) is 2.68. The number of fused-ring (bicyclic) bond motifs is 1. The Morgan fingerprint density at radius 1 is 1.47 bits per heavy atom. The predicted octanol–water partition coefficient (Wildman–Crippen LogP) is 2.84. The number of carbonyl (C=O) groups is 1. The maximum Gasteiger partial charge on any atom is 0.255 e. The number of nitrogens with one attached hydrogen (secondary N) is 1. The summed E-state index contributed by atoms with van der Waals surface area (Å²) in [5, 5.41) is 4.08. The number of amides is 1. The molecule has 1 aromatic carbocycles. The summed E-state index contributed by atoms with van der Waals surface area (Å²) < 4.78 is 5.25. The zero-order chi connectivity index (χ0) is 10.8. The van der Waals surface area contributed by atoms with Gasteiger partial charge >= 0.3 is 0 Å². The van der Waals surface area contributed by atoms with Crippen molar-refractivity contribution < 1.29 is 9.21 Å². The van der Waals surface area contributed by atoms with E-state index in [1.165, 1.54) is 6.26 Å². The van der Waals surface area contributed by atoms with Crippen LogP contribution in [0.2, 0.25) is 5.02 Å². The van der Waals surface area contributed by atoms with Crippen LogP contribution in [0.15, 0.2) is 28.9 Å². The largest absolute Gasteiger partial charge is 0.463 e. The number of hydrogen-bond donors (Lipinski definition) is 1. The van der Waals surface area contributed by atoms with Crippen LogP contribution >= 0.6 is 11.6 Å². The Morgan fingerprint density at radius 3 is 3.00 bits per heavy atom. The Hall–Kier alpha value is -1.48. The van der Waals surface area contributed by atoms with E-state index in [0.717, 1.165) is 5.39 Å². The maximum absolute atomic E-state index is 11.7. The highest BCUT2D eigenvalue weighted by molar-refractivity contribution is 6.35. The quantitative estimate of drug-likeness (QED) is 0.851. The molecule has 0 saturated carbocycles. The molecular weight excluding hydrogens is 214 g/mol. The molecule has 1 N–H and O–H groups in total. The lowest BCUT2D eigenvalue weighted by Gasteiger charge is -2.03. The van der Waals surface area contributed by atoms with Gasteiger partial charge in [-0.15, -0.1) is 0 Å². The lowest BCUT2D eigenvalue weighted by Crippen LogP contribution is -2.22. The van der Waals surface area contributed by atoms with Crippen molar-refractivity contribution in [3.8, 4) is 0 Å². The molecule has 0 aliphatic rings. The van der Waals surface area contributed by atoms with E-state index in [0.29, 0.717) is 22.7 Å². The normalized spacial score (nSPS) is 10.5. The molecule has 78 valence electrons. The molecule has 0 atom stereocenters. The molecule has 0 fully saturated rings. The number of halogens is 1. The van der Waals surface area contributed by atoms with Gasteiger partial charge in [-0.2, -0.15) is 0 Å². The third-order valence-corrected chi connectivity index (χ3v) is 2.48. The van der Waals surface area contributed by atoms with Crippen LogP contribution in [0, 0.1) is 0 Å². The predicted molar refractivity (Wildman–Crippen MR) is 59.2 cm³/mol. The van der Waals surface area contributed by atoms with Crippen LogP contribution in [0.4, 0.5) is 0 Å². The van der Waals surface area contributed by atoms with Crippen molar-refractivity contribution in [3.05, 3.63) is 35.0 Å². The average molecular weight is 224 g/mol. The van der Waals surface area contributed by atoms with E-state index in [2.05, 4.69) is 5.32 Å². The Kier molecular flexibility index (Phi) is 2.64. The molecule has 2 rings (SSSR count). The van der Waals surface area contributed by atoms with Gasteiger partial charge in [0.2, 0.25) is 0 Å². The summed E-state index contributed by atoms with van der Waals surface area (Å²) >= 11 is 5.96. The van der Waals surface area contributed by atoms with Crippen LogP contribution in [-0.2, 0) is 0 Å². The van der Waals surface area contributed by atoms with Gasteiger partial charge in [0.1, 0.15) is 5.58 Å². The zero-order valence-corrected chi connectivity index (χ0v) is 8.97. The van der Waals surface area contributed by atoms with Crippen molar-refractivity contribution in [2.45, 2.75) is 6.92 Å².